The summed E-state index contributed by atoms with van der Waals surface area (Å²) in [6.45, 7) is 3.86. The maximum absolute atomic E-state index is 13.1. The predicted octanol–water partition coefficient (Wildman–Crippen LogP) is 3.37. The van der Waals surface area contributed by atoms with Gasteiger partial charge >= 0.3 is 0 Å². The Morgan fingerprint density at radius 1 is 1.10 bits per heavy atom. The number of carbonyl (C=O) groups excluding carboxylic acids is 1. The Morgan fingerprint density at radius 2 is 1.83 bits per heavy atom. The van der Waals surface area contributed by atoms with E-state index in [0.29, 0.717) is 28.0 Å². The molecule has 1 aliphatic heterocycles. The molecule has 8 heteroatoms. The molecule has 0 atom stereocenters. The molecule has 0 saturated heterocycles. The van der Waals surface area contributed by atoms with Gasteiger partial charge in [0.05, 0.1) is 11.3 Å². The normalized spacial score (nSPS) is 13.6. The lowest BCUT2D eigenvalue weighted by Gasteiger charge is -2.26. The van der Waals surface area contributed by atoms with Crippen molar-refractivity contribution in [1.29, 1.82) is 0 Å². The van der Waals surface area contributed by atoms with Crippen molar-refractivity contribution in [2.45, 2.75) is 25.1 Å². The van der Waals surface area contributed by atoms with Crippen LogP contribution in [0.1, 0.15) is 35.5 Å². The fourth-order valence-electron chi connectivity index (χ4n) is 3.39. The molecule has 0 bridgehead atoms. The summed E-state index contributed by atoms with van der Waals surface area (Å²) in [6.07, 6.45) is 1.13. The zero-order chi connectivity index (χ0) is 20.8. The Kier molecular flexibility index (Phi) is 4.53. The van der Waals surface area contributed by atoms with Crippen LogP contribution in [-0.4, -0.2) is 27.4 Å². The molecule has 152 valence electrons. The summed E-state index contributed by atoms with van der Waals surface area (Å²) >= 11 is 0. The van der Waals surface area contributed by atoms with E-state index in [9.17, 15) is 13.2 Å². The number of ether oxygens (including phenoxy) is 2. The Morgan fingerprint density at radius 3 is 2.59 bits per heavy atom. The van der Waals surface area contributed by atoms with Gasteiger partial charge in [-0.05, 0) is 37.6 Å². The van der Waals surface area contributed by atoms with Crippen LogP contribution in [-0.2, 0) is 21.1 Å². The average Bonchev–Trinajstić information content (AvgIpc) is 3.24. The SMILES string of the molecule is CC(C)(NC(=O)c1oc2ccccc2c1CS(C)(=O)=O)c1ccc2c(c1)OCO2. The molecule has 0 radical (unpaired) electrons. The van der Waals surface area contributed by atoms with Crippen LogP contribution in [0.5, 0.6) is 11.5 Å². The van der Waals surface area contributed by atoms with Crippen molar-refractivity contribution in [3.63, 3.8) is 0 Å². The summed E-state index contributed by atoms with van der Waals surface area (Å²) < 4.78 is 40.4. The maximum Gasteiger partial charge on any atom is 0.288 e. The lowest BCUT2D eigenvalue weighted by atomic mass is 9.93. The van der Waals surface area contributed by atoms with E-state index in [4.69, 9.17) is 13.9 Å². The van der Waals surface area contributed by atoms with Crippen molar-refractivity contribution >= 4 is 26.7 Å². The van der Waals surface area contributed by atoms with E-state index in [-0.39, 0.29) is 18.3 Å². The molecule has 1 amide bonds. The van der Waals surface area contributed by atoms with E-state index in [0.717, 1.165) is 11.8 Å². The fourth-order valence-corrected chi connectivity index (χ4v) is 4.20. The fraction of sp³-hybridized carbons (Fsp3) is 0.286. The monoisotopic (exact) mass is 415 g/mol. The van der Waals surface area contributed by atoms with Gasteiger partial charge in [-0.25, -0.2) is 8.42 Å². The van der Waals surface area contributed by atoms with Crippen LogP contribution in [0.2, 0.25) is 0 Å². The topological polar surface area (TPSA) is 94.8 Å². The molecule has 1 N–H and O–H groups in total. The number of nitrogens with one attached hydrogen (secondary N) is 1. The molecule has 0 saturated carbocycles. The van der Waals surface area contributed by atoms with Crippen LogP contribution in [0.3, 0.4) is 0 Å². The van der Waals surface area contributed by atoms with Gasteiger partial charge in [-0.3, -0.25) is 4.79 Å². The highest BCUT2D eigenvalue weighted by Crippen LogP contribution is 2.36. The van der Waals surface area contributed by atoms with Gasteiger partial charge in [0.25, 0.3) is 5.91 Å². The van der Waals surface area contributed by atoms with Gasteiger partial charge < -0.3 is 19.2 Å². The number of amides is 1. The average molecular weight is 415 g/mol. The Labute approximate surface area is 168 Å². The smallest absolute Gasteiger partial charge is 0.288 e. The number of sulfone groups is 1. The Hall–Kier alpha value is -3.00. The molecule has 2 heterocycles. The minimum Gasteiger partial charge on any atom is -0.454 e. The van der Waals surface area contributed by atoms with Crippen LogP contribution >= 0.6 is 0 Å². The molecule has 0 aliphatic carbocycles. The summed E-state index contributed by atoms with van der Waals surface area (Å²) in [4.78, 5) is 13.1. The number of carbonyl (C=O) groups is 1. The first kappa shape index (κ1) is 19.3. The predicted molar refractivity (Wildman–Crippen MR) is 108 cm³/mol. The summed E-state index contributed by atoms with van der Waals surface area (Å²) in [6, 6.07) is 12.5. The van der Waals surface area contributed by atoms with Crippen molar-refractivity contribution in [3.05, 3.63) is 59.4 Å². The van der Waals surface area contributed by atoms with E-state index in [1.807, 2.05) is 26.0 Å². The second kappa shape index (κ2) is 6.81. The largest absolute Gasteiger partial charge is 0.454 e. The van der Waals surface area contributed by atoms with Crippen LogP contribution in [0.4, 0.5) is 0 Å². The molecular weight excluding hydrogens is 394 g/mol. The van der Waals surface area contributed by atoms with Crippen molar-refractivity contribution in [1.82, 2.24) is 5.32 Å². The minimum absolute atomic E-state index is 0.00504. The third-order valence-electron chi connectivity index (χ3n) is 4.83. The third-order valence-corrected chi connectivity index (χ3v) is 5.64. The van der Waals surface area contributed by atoms with E-state index < -0.39 is 21.3 Å². The molecular formula is C21H21NO6S. The van der Waals surface area contributed by atoms with E-state index in [1.54, 1.807) is 30.3 Å². The second-order valence-corrected chi connectivity index (χ2v) is 9.76. The molecule has 0 unspecified atom stereocenters. The maximum atomic E-state index is 13.1. The van der Waals surface area contributed by atoms with Crippen molar-refractivity contribution in [2.24, 2.45) is 0 Å². The summed E-state index contributed by atoms with van der Waals surface area (Å²) in [5, 5.41) is 3.56. The summed E-state index contributed by atoms with van der Waals surface area (Å²) in [5.74, 6) is 0.514. The van der Waals surface area contributed by atoms with Crippen LogP contribution in [0.25, 0.3) is 11.0 Å². The molecule has 29 heavy (non-hydrogen) atoms. The first-order valence-electron chi connectivity index (χ1n) is 9.05. The van der Waals surface area contributed by atoms with Crippen molar-refractivity contribution in [2.75, 3.05) is 13.0 Å². The van der Waals surface area contributed by atoms with Gasteiger partial charge in [-0.1, -0.05) is 24.3 Å². The lowest BCUT2D eigenvalue weighted by molar-refractivity contribution is 0.0884. The van der Waals surface area contributed by atoms with Crippen LogP contribution in [0, 0.1) is 0 Å². The van der Waals surface area contributed by atoms with Crippen molar-refractivity contribution < 1.29 is 27.1 Å². The van der Waals surface area contributed by atoms with Crippen LogP contribution in [0.15, 0.2) is 46.9 Å². The number of furan rings is 1. The first-order valence-corrected chi connectivity index (χ1v) is 11.1. The summed E-state index contributed by atoms with van der Waals surface area (Å²) in [7, 11) is -3.37. The van der Waals surface area contributed by atoms with Gasteiger partial charge in [0.2, 0.25) is 6.79 Å². The molecule has 7 nitrogen and oxygen atoms in total. The molecule has 2 aromatic carbocycles. The lowest BCUT2D eigenvalue weighted by Crippen LogP contribution is -2.41. The van der Waals surface area contributed by atoms with Gasteiger partial charge in [0.15, 0.2) is 27.1 Å². The number of benzene rings is 2. The number of hydrogen-bond acceptors (Lipinski definition) is 6. The zero-order valence-electron chi connectivity index (χ0n) is 16.3. The standard InChI is InChI=1S/C21H21NO6S/c1-21(2,13-8-9-17-18(10-13)27-12-26-17)22-20(23)19-15(11-29(3,24)25)14-6-4-5-7-16(14)28-19/h4-10H,11-12H2,1-3H3,(H,22,23). The van der Waals surface area contributed by atoms with E-state index >= 15 is 0 Å². The number of fused-ring (bicyclic) bond motifs is 2. The highest BCUT2D eigenvalue weighted by molar-refractivity contribution is 7.89. The number of para-hydroxylation sites is 1. The quantitative estimate of drug-likeness (QED) is 0.687. The summed E-state index contributed by atoms with van der Waals surface area (Å²) in [5.41, 5.74) is 0.884. The van der Waals surface area contributed by atoms with E-state index in [2.05, 4.69) is 5.32 Å². The number of rotatable bonds is 5. The Balaban J connectivity index is 1.69. The van der Waals surface area contributed by atoms with E-state index in [1.165, 1.54) is 0 Å². The van der Waals surface area contributed by atoms with Crippen molar-refractivity contribution in [3.8, 4) is 11.5 Å². The van der Waals surface area contributed by atoms with Gasteiger partial charge in [0, 0.05) is 17.2 Å². The highest BCUT2D eigenvalue weighted by Gasteiger charge is 2.30. The molecule has 4 rings (SSSR count). The molecule has 1 aliphatic rings. The highest BCUT2D eigenvalue weighted by atomic mass is 32.2. The molecule has 0 fully saturated rings. The van der Waals surface area contributed by atoms with Gasteiger partial charge in [0.1, 0.15) is 5.58 Å². The zero-order valence-corrected chi connectivity index (χ0v) is 17.1. The molecule has 0 spiro atoms. The molecule has 3 aromatic rings. The first-order chi connectivity index (χ1) is 13.6. The second-order valence-electron chi connectivity index (χ2n) is 7.62. The Bertz CT molecular complexity index is 1210. The molecule has 1 aromatic heterocycles. The van der Waals surface area contributed by atoms with Crippen LogP contribution < -0.4 is 14.8 Å². The van der Waals surface area contributed by atoms with Gasteiger partial charge in [-0.2, -0.15) is 0 Å². The number of hydrogen-bond donors (Lipinski definition) is 1. The minimum atomic E-state index is -3.37. The third kappa shape index (κ3) is 3.80. The van der Waals surface area contributed by atoms with Gasteiger partial charge in [-0.15, -0.1) is 0 Å².